The predicted molar refractivity (Wildman–Crippen MR) is 139 cm³/mol. The molecule has 3 aromatic rings. The largest absolute Gasteiger partial charge is 0.441 e. The Balaban J connectivity index is 1.15. The number of rotatable bonds is 10. The van der Waals surface area contributed by atoms with Crippen molar-refractivity contribution in [3.8, 4) is 11.5 Å². The lowest BCUT2D eigenvalue weighted by molar-refractivity contribution is -0.118. The molecule has 2 heterocycles. The third-order valence-corrected chi connectivity index (χ3v) is 7.50. The van der Waals surface area contributed by atoms with Crippen LogP contribution < -0.4 is 5.32 Å². The monoisotopic (exact) mass is 494 g/mol. The highest BCUT2D eigenvalue weighted by molar-refractivity contribution is 7.84. The molecule has 0 aliphatic carbocycles. The van der Waals surface area contributed by atoms with Crippen LogP contribution in [-0.4, -0.2) is 69.9 Å². The van der Waals surface area contributed by atoms with Crippen molar-refractivity contribution in [1.82, 2.24) is 20.1 Å². The summed E-state index contributed by atoms with van der Waals surface area (Å²) >= 11 is 0. The molecule has 1 atom stereocenters. The smallest absolute Gasteiger partial charge is 0.232 e. The number of hydrogen-bond acceptors (Lipinski definition) is 6. The van der Waals surface area contributed by atoms with Gasteiger partial charge in [0.05, 0.1) is 11.4 Å². The Hall–Kier alpha value is -2.81. The number of carbonyl (C=O) groups is 1. The van der Waals surface area contributed by atoms with Crippen molar-refractivity contribution in [3.05, 3.63) is 77.2 Å². The summed E-state index contributed by atoms with van der Waals surface area (Å²) in [5.41, 5.74) is 3.97. The maximum Gasteiger partial charge on any atom is 0.232 e. The number of nitrogens with one attached hydrogen (secondary N) is 1. The van der Waals surface area contributed by atoms with E-state index in [4.69, 9.17) is 4.42 Å². The van der Waals surface area contributed by atoms with E-state index in [9.17, 15) is 9.00 Å². The topological polar surface area (TPSA) is 78.7 Å². The Morgan fingerprint density at radius 2 is 1.69 bits per heavy atom. The van der Waals surface area contributed by atoms with Crippen LogP contribution in [0.1, 0.15) is 22.6 Å². The van der Waals surface area contributed by atoms with Gasteiger partial charge in [0.2, 0.25) is 11.8 Å². The Morgan fingerprint density at radius 3 is 2.43 bits per heavy atom. The number of piperazine rings is 1. The third kappa shape index (κ3) is 7.34. The molecule has 1 amide bonds. The molecule has 1 fully saturated rings. The first-order valence-electron chi connectivity index (χ1n) is 12.1. The van der Waals surface area contributed by atoms with E-state index in [1.165, 1.54) is 5.56 Å². The van der Waals surface area contributed by atoms with E-state index >= 15 is 0 Å². The summed E-state index contributed by atoms with van der Waals surface area (Å²) in [7, 11) is -1.35. The Labute approximate surface area is 210 Å². The molecule has 186 valence electrons. The van der Waals surface area contributed by atoms with E-state index in [0.29, 0.717) is 23.9 Å². The second kappa shape index (κ2) is 12.2. The molecule has 0 radical (unpaired) electrons. The van der Waals surface area contributed by atoms with Crippen molar-refractivity contribution >= 4 is 16.7 Å². The number of hydrogen-bond donors (Lipinski definition) is 1. The molecular weight excluding hydrogens is 460 g/mol. The van der Waals surface area contributed by atoms with Crippen molar-refractivity contribution in [2.45, 2.75) is 26.1 Å². The molecule has 0 unspecified atom stereocenters. The van der Waals surface area contributed by atoms with Gasteiger partial charge in [-0.25, -0.2) is 4.98 Å². The minimum atomic E-state index is -1.35. The number of carbonyl (C=O) groups excluding carboxylic acids is 1. The molecule has 1 N–H and O–H groups in total. The Morgan fingerprint density at radius 1 is 1.00 bits per heavy atom. The Bertz CT molecular complexity index is 1140. The highest BCUT2D eigenvalue weighted by Crippen LogP contribution is 2.25. The minimum absolute atomic E-state index is 0.0309. The van der Waals surface area contributed by atoms with E-state index in [2.05, 4.69) is 44.4 Å². The molecule has 1 aliphatic heterocycles. The maximum absolute atomic E-state index is 12.6. The van der Waals surface area contributed by atoms with Crippen LogP contribution in [0.2, 0.25) is 0 Å². The summed E-state index contributed by atoms with van der Waals surface area (Å²) in [6.45, 7) is 10.2. The van der Waals surface area contributed by atoms with Gasteiger partial charge in [0.1, 0.15) is 11.5 Å². The van der Waals surface area contributed by atoms with E-state index in [0.717, 1.165) is 50.4 Å². The lowest BCUT2D eigenvalue weighted by Gasteiger charge is -2.34. The van der Waals surface area contributed by atoms with Gasteiger partial charge in [-0.1, -0.05) is 48.5 Å². The summed E-state index contributed by atoms with van der Waals surface area (Å²) < 4.78 is 18.4. The van der Waals surface area contributed by atoms with Gasteiger partial charge in [-0.3, -0.25) is 18.8 Å². The molecule has 7 nitrogen and oxygen atoms in total. The zero-order valence-electron chi connectivity index (χ0n) is 20.5. The molecule has 4 rings (SSSR count). The normalized spacial score (nSPS) is 15.7. The first-order chi connectivity index (χ1) is 17.0. The second-order valence-electron chi connectivity index (χ2n) is 9.02. The summed E-state index contributed by atoms with van der Waals surface area (Å²) in [6, 6.07) is 18.4. The number of aromatic nitrogens is 1. The zero-order chi connectivity index (χ0) is 24.6. The standard InChI is InChI=1S/C27H34N4O3S/c1-21-8-6-7-11-24(21)27-29-25(22(2)34-27)19-35(33)20-26(32)28-12-13-30-14-16-31(17-15-30)18-23-9-4-3-5-10-23/h3-11H,12-20H2,1-2H3,(H,28,32)/t35-/m1/s1. The number of oxazole rings is 1. The molecular formula is C27H34N4O3S. The molecule has 35 heavy (non-hydrogen) atoms. The number of nitrogens with zero attached hydrogens (tertiary/aromatic N) is 3. The van der Waals surface area contributed by atoms with Gasteiger partial charge in [0.15, 0.2) is 0 Å². The average Bonchev–Trinajstić information content (AvgIpc) is 3.20. The quantitative estimate of drug-likeness (QED) is 0.467. The van der Waals surface area contributed by atoms with Crippen LogP contribution >= 0.6 is 0 Å². The van der Waals surface area contributed by atoms with Gasteiger partial charge in [0, 0.05) is 62.2 Å². The molecule has 8 heteroatoms. The van der Waals surface area contributed by atoms with Gasteiger partial charge in [0.25, 0.3) is 0 Å². The lowest BCUT2D eigenvalue weighted by Crippen LogP contribution is -2.48. The van der Waals surface area contributed by atoms with Crippen LogP contribution in [0.5, 0.6) is 0 Å². The maximum atomic E-state index is 12.6. The van der Waals surface area contributed by atoms with Crippen molar-refractivity contribution in [2.24, 2.45) is 0 Å². The molecule has 1 saturated heterocycles. The van der Waals surface area contributed by atoms with Gasteiger partial charge >= 0.3 is 0 Å². The molecule has 0 spiro atoms. The lowest BCUT2D eigenvalue weighted by atomic mass is 10.1. The van der Waals surface area contributed by atoms with E-state index in [1.807, 2.05) is 44.2 Å². The summed E-state index contributed by atoms with van der Waals surface area (Å²) in [6.07, 6.45) is 0. The molecule has 2 aromatic carbocycles. The summed E-state index contributed by atoms with van der Waals surface area (Å²) in [5, 5.41) is 2.92. The highest BCUT2D eigenvalue weighted by Gasteiger charge is 2.19. The van der Waals surface area contributed by atoms with Crippen molar-refractivity contribution in [1.29, 1.82) is 0 Å². The molecule has 0 saturated carbocycles. The fourth-order valence-corrected chi connectivity index (χ4v) is 5.33. The predicted octanol–water partition coefficient (Wildman–Crippen LogP) is 3.14. The van der Waals surface area contributed by atoms with E-state index < -0.39 is 10.8 Å². The van der Waals surface area contributed by atoms with Crippen LogP contribution in [0.15, 0.2) is 59.0 Å². The summed E-state index contributed by atoms with van der Waals surface area (Å²) in [5.74, 6) is 1.16. The first-order valence-corrected chi connectivity index (χ1v) is 13.6. The van der Waals surface area contributed by atoms with Gasteiger partial charge < -0.3 is 9.73 Å². The van der Waals surface area contributed by atoms with E-state index in [1.54, 1.807) is 0 Å². The number of amides is 1. The van der Waals surface area contributed by atoms with Crippen LogP contribution in [0.25, 0.3) is 11.5 Å². The van der Waals surface area contributed by atoms with Crippen LogP contribution in [0, 0.1) is 13.8 Å². The van der Waals surface area contributed by atoms with Crippen molar-refractivity contribution < 1.29 is 13.4 Å². The van der Waals surface area contributed by atoms with Crippen LogP contribution in [0.4, 0.5) is 0 Å². The fraction of sp³-hybridized carbons (Fsp3) is 0.407. The van der Waals surface area contributed by atoms with Crippen LogP contribution in [0.3, 0.4) is 0 Å². The second-order valence-corrected chi connectivity index (χ2v) is 10.5. The van der Waals surface area contributed by atoms with Gasteiger partial charge in [-0.05, 0) is 31.0 Å². The highest BCUT2D eigenvalue weighted by atomic mass is 32.2. The zero-order valence-corrected chi connectivity index (χ0v) is 21.4. The molecule has 1 aliphatic rings. The van der Waals surface area contributed by atoms with E-state index in [-0.39, 0.29) is 17.4 Å². The SMILES string of the molecule is Cc1ccccc1-c1nc(C[S@@](=O)CC(=O)NCCN2CCN(Cc3ccccc3)CC2)c(C)o1. The van der Waals surface area contributed by atoms with Gasteiger partial charge in [-0.15, -0.1) is 0 Å². The first kappa shape index (κ1) is 25.3. The summed E-state index contributed by atoms with van der Waals surface area (Å²) in [4.78, 5) is 21.7. The molecule has 1 aromatic heterocycles. The Kier molecular flexibility index (Phi) is 8.84. The molecule has 0 bridgehead atoms. The fourth-order valence-electron chi connectivity index (χ4n) is 4.26. The average molecular weight is 495 g/mol. The van der Waals surface area contributed by atoms with Crippen LogP contribution in [-0.2, 0) is 27.9 Å². The number of benzene rings is 2. The number of aryl methyl sites for hydroxylation is 2. The van der Waals surface area contributed by atoms with Crippen molar-refractivity contribution in [3.63, 3.8) is 0 Å². The minimum Gasteiger partial charge on any atom is -0.441 e. The van der Waals surface area contributed by atoms with Gasteiger partial charge in [-0.2, -0.15) is 0 Å². The van der Waals surface area contributed by atoms with Crippen molar-refractivity contribution in [2.75, 3.05) is 45.0 Å². The third-order valence-electron chi connectivity index (χ3n) is 6.32.